The van der Waals surface area contributed by atoms with Gasteiger partial charge in [-0.15, -0.1) is 11.3 Å². The normalized spacial score (nSPS) is 27.8. The van der Waals surface area contributed by atoms with Crippen LogP contribution in [0.5, 0.6) is 0 Å². The standard InChI is InChI=1S/C15H19N3S/c1-2-4-14-13(3-1)17-15(19-14)10-18-8-7-11-5-6-12(9-18)16-11/h1-4,11-12,16H,5-10H2. The zero-order chi connectivity index (χ0) is 12.7. The van der Waals surface area contributed by atoms with E-state index in [-0.39, 0.29) is 0 Å². The van der Waals surface area contributed by atoms with Crippen LogP contribution in [0.15, 0.2) is 24.3 Å². The number of nitrogens with zero attached hydrogens (tertiary/aromatic N) is 2. The van der Waals surface area contributed by atoms with Crippen LogP contribution >= 0.6 is 11.3 Å². The minimum atomic E-state index is 0.710. The van der Waals surface area contributed by atoms with E-state index in [9.17, 15) is 0 Å². The number of aromatic nitrogens is 1. The molecular weight excluding hydrogens is 254 g/mol. The Morgan fingerprint density at radius 3 is 3.05 bits per heavy atom. The van der Waals surface area contributed by atoms with Crippen molar-refractivity contribution in [3.05, 3.63) is 29.3 Å². The first-order valence-electron chi connectivity index (χ1n) is 7.20. The van der Waals surface area contributed by atoms with E-state index in [2.05, 4.69) is 34.5 Å². The van der Waals surface area contributed by atoms with Crippen LogP contribution in [-0.4, -0.2) is 35.1 Å². The Hall–Kier alpha value is -0.970. The van der Waals surface area contributed by atoms with Crippen molar-refractivity contribution in [3.8, 4) is 0 Å². The molecule has 2 aliphatic heterocycles. The molecule has 0 radical (unpaired) electrons. The topological polar surface area (TPSA) is 28.2 Å². The molecule has 2 bridgehead atoms. The fraction of sp³-hybridized carbons (Fsp3) is 0.533. The Bertz CT molecular complexity index is 547. The summed E-state index contributed by atoms with van der Waals surface area (Å²) in [4.78, 5) is 7.33. The molecule has 0 saturated carbocycles. The average Bonchev–Trinajstić information content (AvgIpc) is 2.95. The van der Waals surface area contributed by atoms with Gasteiger partial charge in [0.1, 0.15) is 5.01 Å². The van der Waals surface area contributed by atoms with Crippen LogP contribution < -0.4 is 5.32 Å². The molecule has 0 amide bonds. The molecule has 1 aromatic carbocycles. The van der Waals surface area contributed by atoms with Crippen LogP contribution in [0.25, 0.3) is 10.2 Å². The first kappa shape index (κ1) is 11.8. The Morgan fingerprint density at radius 1 is 1.21 bits per heavy atom. The van der Waals surface area contributed by atoms with E-state index in [4.69, 9.17) is 4.98 Å². The summed E-state index contributed by atoms with van der Waals surface area (Å²) in [5.41, 5.74) is 1.15. The average molecular weight is 273 g/mol. The number of nitrogens with one attached hydrogen (secondary N) is 1. The SMILES string of the molecule is c1ccc2sc(CN3CCC4CCC(C3)N4)nc2c1. The van der Waals surface area contributed by atoms with Gasteiger partial charge in [0.15, 0.2) is 0 Å². The summed E-state index contributed by atoms with van der Waals surface area (Å²) in [5, 5.41) is 5.00. The number of benzene rings is 1. The quantitative estimate of drug-likeness (QED) is 0.911. The van der Waals surface area contributed by atoms with Gasteiger partial charge < -0.3 is 5.32 Å². The van der Waals surface area contributed by atoms with Gasteiger partial charge in [-0.2, -0.15) is 0 Å². The van der Waals surface area contributed by atoms with Crippen molar-refractivity contribution in [2.75, 3.05) is 13.1 Å². The fourth-order valence-corrected chi connectivity index (χ4v) is 4.35. The molecule has 1 aromatic heterocycles. The van der Waals surface area contributed by atoms with Gasteiger partial charge in [0.05, 0.1) is 16.8 Å². The number of rotatable bonds is 2. The predicted octanol–water partition coefficient (Wildman–Crippen LogP) is 2.62. The zero-order valence-electron chi connectivity index (χ0n) is 11.0. The van der Waals surface area contributed by atoms with Gasteiger partial charge >= 0.3 is 0 Å². The first-order chi connectivity index (χ1) is 9.37. The molecule has 2 atom stereocenters. The highest BCUT2D eigenvalue weighted by molar-refractivity contribution is 7.18. The van der Waals surface area contributed by atoms with Crippen molar-refractivity contribution in [2.45, 2.75) is 37.9 Å². The van der Waals surface area contributed by atoms with Gasteiger partial charge in [-0.3, -0.25) is 4.90 Å². The summed E-state index contributed by atoms with van der Waals surface area (Å²) in [6.45, 7) is 3.42. The van der Waals surface area contributed by atoms with Crippen LogP contribution in [0.1, 0.15) is 24.3 Å². The molecule has 3 heterocycles. The summed E-state index contributed by atoms with van der Waals surface area (Å²) < 4.78 is 1.31. The highest BCUT2D eigenvalue weighted by Crippen LogP contribution is 2.25. The maximum absolute atomic E-state index is 4.76. The Kier molecular flexibility index (Phi) is 3.02. The van der Waals surface area contributed by atoms with Crippen LogP contribution in [-0.2, 0) is 6.54 Å². The lowest BCUT2D eigenvalue weighted by Crippen LogP contribution is -2.34. The van der Waals surface area contributed by atoms with Gasteiger partial charge in [0.2, 0.25) is 0 Å². The van der Waals surface area contributed by atoms with Crippen LogP contribution in [0.2, 0.25) is 0 Å². The van der Waals surface area contributed by atoms with Gasteiger partial charge in [-0.1, -0.05) is 12.1 Å². The highest BCUT2D eigenvalue weighted by Gasteiger charge is 2.29. The van der Waals surface area contributed by atoms with E-state index in [0.717, 1.165) is 18.1 Å². The predicted molar refractivity (Wildman–Crippen MR) is 79.5 cm³/mol. The Morgan fingerprint density at radius 2 is 2.11 bits per heavy atom. The summed E-state index contributed by atoms with van der Waals surface area (Å²) in [6.07, 6.45) is 4.02. The molecule has 1 N–H and O–H groups in total. The minimum Gasteiger partial charge on any atom is -0.310 e. The summed E-state index contributed by atoms with van der Waals surface area (Å²) in [5.74, 6) is 0. The molecule has 4 heteroatoms. The van der Waals surface area contributed by atoms with Crippen molar-refractivity contribution < 1.29 is 0 Å². The molecule has 2 aromatic rings. The lowest BCUT2D eigenvalue weighted by atomic mass is 10.1. The molecule has 0 aliphatic carbocycles. The summed E-state index contributed by atoms with van der Waals surface area (Å²) in [6, 6.07) is 9.93. The zero-order valence-corrected chi connectivity index (χ0v) is 11.8. The lowest BCUT2D eigenvalue weighted by Gasteiger charge is -2.22. The van der Waals surface area contributed by atoms with E-state index in [1.54, 1.807) is 0 Å². The second kappa shape index (κ2) is 4.85. The Balaban J connectivity index is 1.51. The number of likely N-dealkylation sites (tertiary alicyclic amines) is 1. The number of hydrogen-bond acceptors (Lipinski definition) is 4. The fourth-order valence-electron chi connectivity index (χ4n) is 3.34. The van der Waals surface area contributed by atoms with Gasteiger partial charge in [0.25, 0.3) is 0 Å². The minimum absolute atomic E-state index is 0.710. The molecule has 2 saturated heterocycles. The monoisotopic (exact) mass is 273 g/mol. The largest absolute Gasteiger partial charge is 0.310 e. The Labute approximate surface area is 117 Å². The first-order valence-corrected chi connectivity index (χ1v) is 8.01. The maximum atomic E-state index is 4.76. The summed E-state index contributed by atoms with van der Waals surface area (Å²) >= 11 is 1.84. The van der Waals surface area contributed by atoms with E-state index < -0.39 is 0 Å². The van der Waals surface area contributed by atoms with Crippen LogP contribution in [0.4, 0.5) is 0 Å². The van der Waals surface area contributed by atoms with Crippen molar-refractivity contribution in [1.82, 2.24) is 15.2 Å². The molecule has 2 unspecified atom stereocenters. The lowest BCUT2D eigenvalue weighted by molar-refractivity contribution is 0.251. The third-order valence-corrected chi connectivity index (χ3v) is 5.33. The highest BCUT2D eigenvalue weighted by atomic mass is 32.1. The number of thiazole rings is 1. The number of hydrogen-bond donors (Lipinski definition) is 1. The molecule has 3 nitrogen and oxygen atoms in total. The van der Waals surface area contributed by atoms with Crippen molar-refractivity contribution in [1.29, 1.82) is 0 Å². The van der Waals surface area contributed by atoms with Crippen molar-refractivity contribution >= 4 is 21.6 Å². The number of fused-ring (bicyclic) bond motifs is 3. The van der Waals surface area contributed by atoms with Gasteiger partial charge in [-0.05, 0) is 31.4 Å². The molecule has 4 rings (SSSR count). The molecule has 2 fully saturated rings. The third-order valence-electron chi connectivity index (χ3n) is 4.30. The van der Waals surface area contributed by atoms with Crippen LogP contribution in [0.3, 0.4) is 0 Å². The van der Waals surface area contributed by atoms with Gasteiger partial charge in [-0.25, -0.2) is 4.98 Å². The third kappa shape index (κ3) is 2.40. The van der Waals surface area contributed by atoms with E-state index >= 15 is 0 Å². The number of para-hydroxylation sites is 1. The second-order valence-electron chi connectivity index (χ2n) is 5.74. The van der Waals surface area contributed by atoms with E-state index in [0.29, 0.717) is 6.04 Å². The van der Waals surface area contributed by atoms with Crippen molar-refractivity contribution in [3.63, 3.8) is 0 Å². The van der Waals surface area contributed by atoms with E-state index in [1.165, 1.54) is 42.1 Å². The molecule has 100 valence electrons. The maximum Gasteiger partial charge on any atom is 0.108 e. The molecular formula is C15H19N3S. The van der Waals surface area contributed by atoms with E-state index in [1.807, 2.05) is 11.3 Å². The smallest absolute Gasteiger partial charge is 0.108 e. The van der Waals surface area contributed by atoms with Crippen molar-refractivity contribution in [2.24, 2.45) is 0 Å². The summed E-state index contributed by atoms with van der Waals surface area (Å²) in [7, 11) is 0. The molecule has 0 spiro atoms. The van der Waals surface area contributed by atoms with Crippen LogP contribution in [0, 0.1) is 0 Å². The molecule has 2 aliphatic rings. The van der Waals surface area contributed by atoms with Gasteiger partial charge in [0, 0.05) is 25.2 Å². The molecule has 19 heavy (non-hydrogen) atoms. The second-order valence-corrected chi connectivity index (χ2v) is 6.85.